The fraction of sp³-hybridized carbons (Fsp3) is 1.00. The van der Waals surface area contributed by atoms with E-state index in [0.717, 1.165) is 5.92 Å². The summed E-state index contributed by atoms with van der Waals surface area (Å²) in [4.78, 5) is 0. The third-order valence-electron chi connectivity index (χ3n) is 3.99. The summed E-state index contributed by atoms with van der Waals surface area (Å²) in [5.74, 6) is 0.933. The Hall–Kier alpha value is -0.0400. The van der Waals surface area contributed by atoms with Crippen LogP contribution in [0.1, 0.15) is 86.0 Å². The minimum absolute atomic E-state index is 0.329. The molecule has 102 valence electrons. The zero-order valence-electron chi connectivity index (χ0n) is 12.7. The van der Waals surface area contributed by atoms with Crippen molar-refractivity contribution in [2.75, 3.05) is 0 Å². The summed E-state index contributed by atoms with van der Waals surface area (Å²) in [6.07, 6.45) is 11.2. The van der Waals surface area contributed by atoms with Gasteiger partial charge < -0.3 is 5.32 Å². The first-order chi connectivity index (χ1) is 7.85. The van der Waals surface area contributed by atoms with Crippen molar-refractivity contribution in [2.45, 2.75) is 97.1 Å². The standard InChI is InChI=1S/C16H33N/c1-6-7-8-9-10-11-14-12-15(2,3)17-16(4,5)13-14/h14,17H,6-13H2,1-5H3. The average Bonchev–Trinajstić information content (AvgIpc) is 2.12. The molecule has 1 fully saturated rings. The molecule has 1 nitrogen and oxygen atoms in total. The lowest BCUT2D eigenvalue weighted by Crippen LogP contribution is -2.57. The second kappa shape index (κ2) is 6.22. The van der Waals surface area contributed by atoms with E-state index in [0.29, 0.717) is 11.1 Å². The van der Waals surface area contributed by atoms with Crippen molar-refractivity contribution < 1.29 is 0 Å². The monoisotopic (exact) mass is 239 g/mol. The number of hydrogen-bond donors (Lipinski definition) is 1. The third-order valence-corrected chi connectivity index (χ3v) is 3.99. The zero-order chi connectivity index (χ0) is 12.9. The minimum atomic E-state index is 0.329. The van der Waals surface area contributed by atoms with Gasteiger partial charge in [-0.15, -0.1) is 0 Å². The Balaban J connectivity index is 2.28. The maximum absolute atomic E-state index is 3.77. The van der Waals surface area contributed by atoms with Crippen LogP contribution in [-0.2, 0) is 0 Å². The molecule has 0 aromatic heterocycles. The highest BCUT2D eigenvalue weighted by molar-refractivity contribution is 4.96. The van der Waals surface area contributed by atoms with Crippen LogP contribution in [0.3, 0.4) is 0 Å². The third kappa shape index (κ3) is 5.90. The van der Waals surface area contributed by atoms with E-state index in [1.807, 2.05) is 0 Å². The molecule has 1 aliphatic heterocycles. The predicted octanol–water partition coefficient (Wildman–Crippen LogP) is 4.90. The van der Waals surface area contributed by atoms with Crippen molar-refractivity contribution in [3.05, 3.63) is 0 Å². The molecule has 0 amide bonds. The fourth-order valence-corrected chi connectivity index (χ4v) is 3.77. The van der Waals surface area contributed by atoms with Crippen LogP contribution in [0.25, 0.3) is 0 Å². The van der Waals surface area contributed by atoms with E-state index in [9.17, 15) is 0 Å². The van der Waals surface area contributed by atoms with Gasteiger partial charge in [0.25, 0.3) is 0 Å². The lowest BCUT2D eigenvalue weighted by atomic mass is 9.74. The number of hydrogen-bond acceptors (Lipinski definition) is 1. The molecule has 0 aliphatic carbocycles. The molecule has 0 radical (unpaired) electrons. The Labute approximate surface area is 109 Å². The van der Waals surface area contributed by atoms with Gasteiger partial charge >= 0.3 is 0 Å². The summed E-state index contributed by atoms with van der Waals surface area (Å²) in [5, 5.41) is 3.77. The smallest absolute Gasteiger partial charge is 0.0132 e. The summed E-state index contributed by atoms with van der Waals surface area (Å²) in [7, 11) is 0. The van der Waals surface area contributed by atoms with Gasteiger partial charge in [0.2, 0.25) is 0 Å². The van der Waals surface area contributed by atoms with Crippen molar-refractivity contribution in [1.82, 2.24) is 5.32 Å². The topological polar surface area (TPSA) is 12.0 Å². The fourth-order valence-electron chi connectivity index (χ4n) is 3.77. The van der Waals surface area contributed by atoms with Gasteiger partial charge in [-0.3, -0.25) is 0 Å². The highest BCUT2D eigenvalue weighted by Gasteiger charge is 2.36. The molecule has 1 heterocycles. The van der Waals surface area contributed by atoms with Gasteiger partial charge in [-0.05, 0) is 46.5 Å². The molecule has 1 saturated heterocycles. The van der Waals surface area contributed by atoms with Gasteiger partial charge in [0.1, 0.15) is 0 Å². The van der Waals surface area contributed by atoms with Crippen molar-refractivity contribution >= 4 is 0 Å². The molecule has 0 saturated carbocycles. The van der Waals surface area contributed by atoms with Crippen molar-refractivity contribution in [1.29, 1.82) is 0 Å². The Morgan fingerprint density at radius 2 is 1.41 bits per heavy atom. The molecule has 0 bridgehead atoms. The predicted molar refractivity (Wildman–Crippen MR) is 77.4 cm³/mol. The van der Waals surface area contributed by atoms with Crippen LogP contribution in [0.4, 0.5) is 0 Å². The molecule has 0 aromatic rings. The second-order valence-corrected chi connectivity index (χ2v) is 7.37. The first kappa shape index (κ1) is 15.0. The molecular weight excluding hydrogens is 206 g/mol. The summed E-state index contributed by atoms with van der Waals surface area (Å²) in [6, 6.07) is 0. The maximum Gasteiger partial charge on any atom is 0.0132 e. The van der Waals surface area contributed by atoms with Gasteiger partial charge in [0.05, 0.1) is 0 Å². The van der Waals surface area contributed by atoms with Crippen molar-refractivity contribution in [3.63, 3.8) is 0 Å². The molecule has 1 heteroatoms. The van der Waals surface area contributed by atoms with Crippen LogP contribution in [0.5, 0.6) is 0 Å². The van der Waals surface area contributed by atoms with E-state index in [1.54, 1.807) is 0 Å². The van der Waals surface area contributed by atoms with E-state index < -0.39 is 0 Å². The number of nitrogens with one attached hydrogen (secondary N) is 1. The summed E-state index contributed by atoms with van der Waals surface area (Å²) in [6.45, 7) is 11.7. The second-order valence-electron chi connectivity index (χ2n) is 7.37. The van der Waals surface area contributed by atoms with E-state index in [4.69, 9.17) is 0 Å². The number of piperidine rings is 1. The van der Waals surface area contributed by atoms with Crippen LogP contribution in [0, 0.1) is 5.92 Å². The molecule has 1 N–H and O–H groups in total. The van der Waals surface area contributed by atoms with Crippen molar-refractivity contribution in [2.24, 2.45) is 5.92 Å². The zero-order valence-corrected chi connectivity index (χ0v) is 12.7. The largest absolute Gasteiger partial charge is 0.307 e. The normalized spacial score (nSPS) is 23.8. The van der Waals surface area contributed by atoms with Gasteiger partial charge in [-0.2, -0.15) is 0 Å². The van der Waals surface area contributed by atoms with Crippen LogP contribution < -0.4 is 5.32 Å². The molecule has 0 unspecified atom stereocenters. The van der Waals surface area contributed by atoms with Gasteiger partial charge in [-0.1, -0.05) is 45.4 Å². The molecule has 0 atom stereocenters. The minimum Gasteiger partial charge on any atom is -0.307 e. The average molecular weight is 239 g/mol. The maximum atomic E-state index is 3.77. The first-order valence-corrected chi connectivity index (χ1v) is 7.64. The van der Waals surface area contributed by atoms with Crippen LogP contribution in [0.2, 0.25) is 0 Å². The summed E-state index contributed by atoms with van der Waals surface area (Å²) >= 11 is 0. The SMILES string of the molecule is CCCCCCCC1CC(C)(C)NC(C)(C)C1. The van der Waals surface area contributed by atoms with Gasteiger partial charge in [0, 0.05) is 11.1 Å². The lowest BCUT2D eigenvalue weighted by molar-refractivity contribution is 0.122. The lowest BCUT2D eigenvalue weighted by Gasteiger charge is -2.46. The van der Waals surface area contributed by atoms with E-state index in [1.165, 1.54) is 51.4 Å². The molecular formula is C16H33N. The van der Waals surface area contributed by atoms with E-state index >= 15 is 0 Å². The number of rotatable bonds is 6. The number of unbranched alkanes of at least 4 members (excludes halogenated alkanes) is 4. The van der Waals surface area contributed by atoms with Crippen LogP contribution in [0.15, 0.2) is 0 Å². The molecule has 0 aromatic carbocycles. The Morgan fingerprint density at radius 1 is 0.882 bits per heavy atom. The summed E-state index contributed by atoms with van der Waals surface area (Å²) < 4.78 is 0. The van der Waals surface area contributed by atoms with E-state index in [-0.39, 0.29) is 0 Å². The first-order valence-electron chi connectivity index (χ1n) is 7.64. The Bertz CT molecular complexity index is 202. The summed E-state index contributed by atoms with van der Waals surface area (Å²) in [5.41, 5.74) is 0.658. The highest BCUT2D eigenvalue weighted by atomic mass is 15.0. The molecule has 1 rings (SSSR count). The molecule has 0 spiro atoms. The highest BCUT2D eigenvalue weighted by Crippen LogP contribution is 2.35. The van der Waals surface area contributed by atoms with E-state index in [2.05, 4.69) is 39.9 Å². The molecule has 17 heavy (non-hydrogen) atoms. The Kier molecular flexibility index (Phi) is 5.50. The van der Waals surface area contributed by atoms with Gasteiger partial charge in [0.15, 0.2) is 0 Å². The molecule has 1 aliphatic rings. The van der Waals surface area contributed by atoms with Crippen LogP contribution >= 0.6 is 0 Å². The quantitative estimate of drug-likeness (QED) is 0.650. The van der Waals surface area contributed by atoms with Gasteiger partial charge in [-0.25, -0.2) is 0 Å². The Morgan fingerprint density at radius 3 is 1.94 bits per heavy atom. The van der Waals surface area contributed by atoms with Crippen molar-refractivity contribution in [3.8, 4) is 0 Å². The van der Waals surface area contributed by atoms with Crippen LogP contribution in [-0.4, -0.2) is 11.1 Å².